The number of aryl methyl sites for hydroxylation is 1. The van der Waals surface area contributed by atoms with E-state index in [-0.39, 0.29) is 17.7 Å². The van der Waals surface area contributed by atoms with E-state index in [1.54, 1.807) is 24.3 Å². The van der Waals surface area contributed by atoms with Gasteiger partial charge in [-0.1, -0.05) is 24.3 Å². The molecule has 0 saturated heterocycles. The predicted molar refractivity (Wildman–Crippen MR) is 138 cm³/mol. The van der Waals surface area contributed by atoms with Crippen LogP contribution in [0.15, 0.2) is 43.0 Å². The molecule has 0 amide bonds. The fourth-order valence-corrected chi connectivity index (χ4v) is 5.14. The first-order chi connectivity index (χ1) is 19.1. The number of hydrogen-bond donors (Lipinski definition) is 1. The normalized spacial score (nSPS) is 17.0. The molecule has 1 aromatic carbocycles. The number of imidazole rings is 1. The van der Waals surface area contributed by atoms with Gasteiger partial charge in [-0.2, -0.15) is 13.2 Å². The van der Waals surface area contributed by atoms with Crippen LogP contribution < -0.4 is 9.47 Å². The van der Waals surface area contributed by atoms with Crippen molar-refractivity contribution < 1.29 is 27.8 Å². The summed E-state index contributed by atoms with van der Waals surface area (Å²) < 4.78 is 52.1. The van der Waals surface area contributed by atoms with Gasteiger partial charge in [0.25, 0.3) is 0 Å². The second-order valence-corrected chi connectivity index (χ2v) is 10.2. The summed E-state index contributed by atoms with van der Waals surface area (Å²) in [4.78, 5) is 21.9. The fourth-order valence-electron chi connectivity index (χ4n) is 5.14. The summed E-state index contributed by atoms with van der Waals surface area (Å²) in [5.74, 6) is 1.26. The van der Waals surface area contributed by atoms with Gasteiger partial charge < -0.3 is 19.1 Å². The Bertz CT molecular complexity index is 1560. The standard InChI is InChI=1S/C28H27F3N6O3/c1-37-13-20(28(29,30)31)35-25(37)16-6-8-17(9-7-16)27(38,18-10-11-18)23-19(39-2)12-32-24(36-23)21-22(15-4-5-15)33-14-34-26(21)40-3/h6-9,12-15,18,38H,4-5,10-11H2,1-3H3. The lowest BCUT2D eigenvalue weighted by atomic mass is 9.84. The van der Waals surface area contributed by atoms with Gasteiger partial charge in [-0.05, 0) is 37.2 Å². The summed E-state index contributed by atoms with van der Waals surface area (Å²) in [6.07, 6.45) is 2.91. The van der Waals surface area contributed by atoms with Crippen molar-refractivity contribution in [1.82, 2.24) is 29.5 Å². The molecule has 6 rings (SSSR count). The third-order valence-corrected chi connectivity index (χ3v) is 7.48. The number of alkyl halides is 3. The van der Waals surface area contributed by atoms with E-state index < -0.39 is 17.5 Å². The molecule has 1 atom stereocenters. The van der Waals surface area contributed by atoms with Crippen LogP contribution in [-0.4, -0.2) is 48.8 Å². The molecule has 0 radical (unpaired) electrons. The van der Waals surface area contributed by atoms with Gasteiger partial charge in [-0.15, -0.1) is 0 Å². The van der Waals surface area contributed by atoms with Crippen molar-refractivity contribution >= 4 is 0 Å². The number of halogens is 3. The number of rotatable bonds is 8. The van der Waals surface area contributed by atoms with E-state index in [1.807, 2.05) is 0 Å². The van der Waals surface area contributed by atoms with Crippen LogP contribution in [0.3, 0.4) is 0 Å². The van der Waals surface area contributed by atoms with Crippen molar-refractivity contribution in [3.8, 4) is 34.4 Å². The van der Waals surface area contributed by atoms with Crippen LogP contribution >= 0.6 is 0 Å². The highest BCUT2D eigenvalue weighted by atomic mass is 19.4. The second kappa shape index (κ2) is 9.54. The molecule has 3 aromatic heterocycles. The molecule has 2 aliphatic carbocycles. The number of benzene rings is 1. The van der Waals surface area contributed by atoms with E-state index in [2.05, 4.69) is 19.9 Å². The first-order valence-electron chi connectivity index (χ1n) is 12.9. The number of hydrogen-bond acceptors (Lipinski definition) is 8. The van der Waals surface area contributed by atoms with Gasteiger partial charge in [0.05, 0.1) is 26.1 Å². The van der Waals surface area contributed by atoms with E-state index in [1.165, 1.54) is 38.4 Å². The molecule has 12 heteroatoms. The molecule has 0 spiro atoms. The largest absolute Gasteiger partial charge is 0.493 e. The molecule has 2 saturated carbocycles. The maximum absolute atomic E-state index is 13.2. The van der Waals surface area contributed by atoms with Gasteiger partial charge in [0, 0.05) is 24.7 Å². The van der Waals surface area contributed by atoms with Gasteiger partial charge in [0.1, 0.15) is 29.0 Å². The molecule has 2 aliphatic rings. The minimum Gasteiger partial charge on any atom is -0.493 e. The molecule has 2 fully saturated rings. The van der Waals surface area contributed by atoms with E-state index in [4.69, 9.17) is 14.5 Å². The minimum absolute atomic E-state index is 0.142. The highest BCUT2D eigenvalue weighted by Gasteiger charge is 2.50. The average Bonchev–Trinajstić information content (AvgIpc) is 3.89. The Hall–Kier alpha value is -4.06. The molecule has 3 heterocycles. The SMILES string of the molecule is COc1cnc(-c2c(OC)ncnc2C2CC2)nc1C(O)(c1ccc(-c2nc(C(F)(F)F)cn2C)cc1)C1CC1. The van der Waals surface area contributed by atoms with Crippen molar-refractivity contribution in [1.29, 1.82) is 0 Å². The Morgan fingerprint density at radius 3 is 2.25 bits per heavy atom. The van der Waals surface area contributed by atoms with Crippen LogP contribution in [0, 0.1) is 5.92 Å². The van der Waals surface area contributed by atoms with E-state index in [0.717, 1.165) is 37.6 Å². The molecular weight excluding hydrogens is 525 g/mol. The summed E-state index contributed by atoms with van der Waals surface area (Å²) >= 11 is 0. The first kappa shape index (κ1) is 26.2. The highest BCUT2D eigenvalue weighted by Crippen LogP contribution is 2.52. The molecule has 0 aliphatic heterocycles. The van der Waals surface area contributed by atoms with Crippen LogP contribution in [-0.2, 0) is 18.8 Å². The Balaban J connectivity index is 1.45. The van der Waals surface area contributed by atoms with Gasteiger partial charge in [-0.3, -0.25) is 0 Å². The highest BCUT2D eigenvalue weighted by molar-refractivity contribution is 5.67. The van der Waals surface area contributed by atoms with Gasteiger partial charge in [-0.25, -0.2) is 24.9 Å². The van der Waals surface area contributed by atoms with Crippen LogP contribution in [0.25, 0.3) is 22.8 Å². The topological polar surface area (TPSA) is 108 Å². The maximum atomic E-state index is 13.2. The summed E-state index contributed by atoms with van der Waals surface area (Å²) in [5.41, 5.74) is 0.187. The fraction of sp³-hybridized carbons (Fsp3) is 0.393. The van der Waals surface area contributed by atoms with Gasteiger partial charge >= 0.3 is 6.18 Å². The lowest BCUT2D eigenvalue weighted by Crippen LogP contribution is -2.32. The molecule has 9 nitrogen and oxygen atoms in total. The smallest absolute Gasteiger partial charge is 0.434 e. The van der Waals surface area contributed by atoms with Crippen molar-refractivity contribution in [2.45, 2.75) is 43.4 Å². The molecule has 208 valence electrons. The summed E-state index contributed by atoms with van der Waals surface area (Å²) in [6.45, 7) is 0. The van der Waals surface area contributed by atoms with E-state index in [9.17, 15) is 18.3 Å². The molecule has 4 aromatic rings. The van der Waals surface area contributed by atoms with E-state index in [0.29, 0.717) is 39.8 Å². The number of aliphatic hydroxyl groups is 1. The zero-order valence-corrected chi connectivity index (χ0v) is 22.1. The van der Waals surface area contributed by atoms with Crippen molar-refractivity contribution in [3.05, 3.63) is 65.6 Å². The van der Waals surface area contributed by atoms with Crippen LogP contribution in [0.1, 0.15) is 54.2 Å². The zero-order chi connectivity index (χ0) is 28.2. The third kappa shape index (κ3) is 4.45. The lowest BCUT2D eigenvalue weighted by Gasteiger charge is -2.30. The summed E-state index contributed by atoms with van der Waals surface area (Å²) in [6, 6.07) is 6.69. The minimum atomic E-state index is -4.55. The second-order valence-electron chi connectivity index (χ2n) is 10.2. The summed E-state index contributed by atoms with van der Waals surface area (Å²) in [5, 5.41) is 12.3. The third-order valence-electron chi connectivity index (χ3n) is 7.48. The predicted octanol–water partition coefficient (Wildman–Crippen LogP) is 4.89. The average molecular weight is 553 g/mol. The zero-order valence-electron chi connectivity index (χ0n) is 22.1. The quantitative estimate of drug-likeness (QED) is 0.329. The van der Waals surface area contributed by atoms with Gasteiger partial charge in [0.2, 0.25) is 5.88 Å². The lowest BCUT2D eigenvalue weighted by molar-refractivity contribution is -0.140. The molecule has 40 heavy (non-hydrogen) atoms. The summed E-state index contributed by atoms with van der Waals surface area (Å²) in [7, 11) is 4.52. The number of ether oxygens (including phenoxy) is 2. The molecule has 1 N–H and O–H groups in total. The maximum Gasteiger partial charge on any atom is 0.434 e. The van der Waals surface area contributed by atoms with Crippen molar-refractivity contribution in [2.24, 2.45) is 13.0 Å². The molecular formula is C28H27F3N6O3. The number of aromatic nitrogens is 6. The monoisotopic (exact) mass is 552 g/mol. The Morgan fingerprint density at radius 2 is 1.68 bits per heavy atom. The van der Waals surface area contributed by atoms with E-state index >= 15 is 0 Å². The van der Waals surface area contributed by atoms with Crippen LogP contribution in [0.2, 0.25) is 0 Å². The van der Waals surface area contributed by atoms with Crippen LogP contribution in [0.5, 0.6) is 11.6 Å². The Morgan fingerprint density at radius 1 is 0.950 bits per heavy atom. The number of nitrogens with zero attached hydrogens (tertiary/aromatic N) is 6. The first-order valence-corrected chi connectivity index (χ1v) is 12.9. The van der Waals surface area contributed by atoms with Crippen LogP contribution in [0.4, 0.5) is 13.2 Å². The Kier molecular flexibility index (Phi) is 6.25. The van der Waals surface area contributed by atoms with Gasteiger partial charge in [0.15, 0.2) is 17.3 Å². The van der Waals surface area contributed by atoms with Crippen molar-refractivity contribution in [2.75, 3.05) is 14.2 Å². The molecule has 0 bridgehead atoms. The Labute approximate surface area is 228 Å². The van der Waals surface area contributed by atoms with Crippen molar-refractivity contribution in [3.63, 3.8) is 0 Å². The molecule has 1 unspecified atom stereocenters. The number of methoxy groups -OCH3 is 2.